The summed E-state index contributed by atoms with van der Waals surface area (Å²) in [7, 11) is 0. The molecule has 1 saturated heterocycles. The molecule has 1 fully saturated rings. The molecule has 0 aromatic rings. The third-order valence-corrected chi connectivity index (χ3v) is 15.3. The van der Waals surface area contributed by atoms with Gasteiger partial charge in [0.05, 0.1) is 25.4 Å². The lowest BCUT2D eigenvalue weighted by Gasteiger charge is -2.41. The second-order valence-corrected chi connectivity index (χ2v) is 23.2. The van der Waals surface area contributed by atoms with Crippen LogP contribution in [0.2, 0.25) is 0 Å². The van der Waals surface area contributed by atoms with Crippen LogP contribution in [0.4, 0.5) is 0 Å². The van der Waals surface area contributed by atoms with Gasteiger partial charge in [0.2, 0.25) is 5.91 Å². The van der Waals surface area contributed by atoms with Gasteiger partial charge in [0, 0.05) is 6.42 Å². The van der Waals surface area contributed by atoms with Crippen molar-refractivity contribution in [2.24, 2.45) is 0 Å². The van der Waals surface area contributed by atoms with Crippen LogP contribution in [-0.2, 0) is 23.8 Å². The maximum atomic E-state index is 13.5. The van der Waals surface area contributed by atoms with Crippen molar-refractivity contribution in [2.45, 2.75) is 320 Å². The fraction of sp³-hybridized carbons (Fsp3) is 0.703. The highest BCUT2D eigenvalue weighted by molar-refractivity contribution is 5.80. The number of hydrogen-bond acceptors (Lipinski definition) is 10. The normalized spacial score (nSPS) is 19.2. The number of unbranched alkanes of at least 4 members (excludes halogenated alkanes) is 25. The van der Waals surface area contributed by atoms with Gasteiger partial charge < -0.3 is 45.1 Å². The number of allylic oxidation sites excluding steroid dienone is 19. The molecule has 0 saturated carbocycles. The zero-order valence-corrected chi connectivity index (χ0v) is 53.9. The van der Waals surface area contributed by atoms with E-state index in [4.69, 9.17) is 14.2 Å². The molecule has 0 radical (unpaired) electrons. The van der Waals surface area contributed by atoms with E-state index in [1.54, 1.807) is 6.08 Å². The summed E-state index contributed by atoms with van der Waals surface area (Å²) in [6.07, 6.45) is 73.6. The van der Waals surface area contributed by atoms with Gasteiger partial charge in [-0.05, 0) is 116 Å². The number of aliphatic hydroxyl groups excluding tert-OH is 5. The second kappa shape index (κ2) is 60.3. The Hall–Kier alpha value is -3.94. The largest absolute Gasteiger partial charge is 0.454 e. The zero-order valence-electron chi connectivity index (χ0n) is 53.9. The Balaban J connectivity index is 2.66. The van der Waals surface area contributed by atoms with Crippen LogP contribution in [0.3, 0.4) is 0 Å². The van der Waals surface area contributed by atoms with E-state index in [1.165, 1.54) is 77.0 Å². The monoisotopic (exact) mass is 1190 g/mol. The molecule has 1 rings (SSSR count). The highest BCUT2D eigenvalue weighted by atomic mass is 16.7. The van der Waals surface area contributed by atoms with Crippen LogP contribution in [0, 0.1) is 0 Å². The predicted molar refractivity (Wildman–Crippen MR) is 356 cm³/mol. The van der Waals surface area contributed by atoms with Crippen LogP contribution in [-0.4, -0.2) is 99.6 Å². The van der Waals surface area contributed by atoms with Crippen molar-refractivity contribution in [3.05, 3.63) is 122 Å². The number of carbonyl (C=O) groups is 2. The molecule has 8 atom stereocenters. The lowest BCUT2D eigenvalue weighted by molar-refractivity contribution is -0.305. The Labute approximate surface area is 519 Å². The molecule has 0 spiro atoms. The first-order chi connectivity index (χ1) is 41.7. The first-order valence-corrected chi connectivity index (χ1v) is 34.3. The number of esters is 1. The van der Waals surface area contributed by atoms with Crippen molar-refractivity contribution in [2.75, 3.05) is 13.2 Å². The van der Waals surface area contributed by atoms with Crippen molar-refractivity contribution < 1.29 is 49.3 Å². The molecule has 1 heterocycles. The van der Waals surface area contributed by atoms with E-state index in [0.717, 1.165) is 148 Å². The number of nitrogens with one attached hydrogen (secondary N) is 1. The molecule has 8 unspecified atom stereocenters. The molecule has 0 aromatic carbocycles. The third kappa shape index (κ3) is 47.8. The molecule has 11 heteroatoms. The van der Waals surface area contributed by atoms with Crippen molar-refractivity contribution >= 4 is 11.9 Å². The molecular weight excluding hydrogens is 1060 g/mol. The second-order valence-electron chi connectivity index (χ2n) is 23.2. The van der Waals surface area contributed by atoms with Crippen molar-refractivity contribution in [3.8, 4) is 0 Å². The number of hydrogen-bond donors (Lipinski definition) is 6. The molecule has 85 heavy (non-hydrogen) atoms. The van der Waals surface area contributed by atoms with Gasteiger partial charge in [0.25, 0.3) is 0 Å². The smallest absolute Gasteiger partial charge is 0.306 e. The first kappa shape index (κ1) is 79.1. The lowest BCUT2D eigenvalue weighted by atomic mass is 9.99. The molecule has 0 aromatic heterocycles. The van der Waals surface area contributed by atoms with Crippen LogP contribution < -0.4 is 5.32 Å². The summed E-state index contributed by atoms with van der Waals surface area (Å²) in [6, 6.07) is -1.05. The van der Waals surface area contributed by atoms with Crippen LogP contribution in [0.15, 0.2) is 122 Å². The summed E-state index contributed by atoms with van der Waals surface area (Å²) < 4.78 is 17.7. The quantitative estimate of drug-likeness (QED) is 0.0195. The van der Waals surface area contributed by atoms with Gasteiger partial charge in [0.15, 0.2) is 12.4 Å². The molecule has 0 aliphatic carbocycles. The van der Waals surface area contributed by atoms with E-state index in [1.807, 2.05) is 6.08 Å². The lowest BCUT2D eigenvalue weighted by Crippen LogP contribution is -2.61. The Morgan fingerprint density at radius 3 is 1.29 bits per heavy atom. The van der Waals surface area contributed by atoms with Crippen LogP contribution in [0.5, 0.6) is 0 Å². The molecule has 1 amide bonds. The van der Waals surface area contributed by atoms with E-state index in [0.29, 0.717) is 12.8 Å². The Morgan fingerprint density at radius 1 is 0.471 bits per heavy atom. The fourth-order valence-electron chi connectivity index (χ4n) is 9.96. The summed E-state index contributed by atoms with van der Waals surface area (Å²) in [5, 5.41) is 57.2. The van der Waals surface area contributed by atoms with Crippen LogP contribution in [0.1, 0.15) is 271 Å². The summed E-state index contributed by atoms with van der Waals surface area (Å²) in [5.74, 6) is -1.23. The van der Waals surface area contributed by atoms with Gasteiger partial charge >= 0.3 is 5.97 Å². The average molecular weight is 1190 g/mol. The Morgan fingerprint density at radius 2 is 0.847 bits per heavy atom. The van der Waals surface area contributed by atoms with E-state index in [2.05, 4.69) is 135 Å². The third-order valence-electron chi connectivity index (χ3n) is 15.3. The van der Waals surface area contributed by atoms with E-state index in [9.17, 15) is 35.1 Å². The van der Waals surface area contributed by atoms with Crippen molar-refractivity contribution in [3.63, 3.8) is 0 Å². The van der Waals surface area contributed by atoms with Gasteiger partial charge in [-0.2, -0.15) is 0 Å². The van der Waals surface area contributed by atoms with Gasteiger partial charge in [-0.25, -0.2) is 0 Å². The summed E-state index contributed by atoms with van der Waals surface area (Å²) >= 11 is 0. The highest BCUT2D eigenvalue weighted by Crippen LogP contribution is 2.26. The van der Waals surface area contributed by atoms with E-state index >= 15 is 0 Å². The number of ether oxygens (including phenoxy) is 3. The summed E-state index contributed by atoms with van der Waals surface area (Å²) in [5.41, 5.74) is 0. The fourth-order valence-corrected chi connectivity index (χ4v) is 9.96. The predicted octanol–water partition coefficient (Wildman–Crippen LogP) is 17.4. The van der Waals surface area contributed by atoms with Crippen molar-refractivity contribution in [1.29, 1.82) is 0 Å². The maximum absolute atomic E-state index is 13.5. The molecule has 11 nitrogen and oxygen atoms in total. The van der Waals surface area contributed by atoms with Gasteiger partial charge in [0.1, 0.15) is 24.4 Å². The molecule has 6 N–H and O–H groups in total. The molecule has 0 bridgehead atoms. The number of rotatable bonds is 57. The molecule has 486 valence electrons. The van der Waals surface area contributed by atoms with Gasteiger partial charge in [-0.3, -0.25) is 9.59 Å². The van der Waals surface area contributed by atoms with Gasteiger partial charge in [-0.1, -0.05) is 271 Å². The van der Waals surface area contributed by atoms with E-state index < -0.39 is 67.4 Å². The minimum atomic E-state index is -1.63. The van der Waals surface area contributed by atoms with Crippen molar-refractivity contribution in [1.82, 2.24) is 5.32 Å². The Kier molecular flexibility index (Phi) is 56.1. The zero-order chi connectivity index (χ0) is 61.7. The topological polar surface area (TPSA) is 175 Å². The van der Waals surface area contributed by atoms with E-state index in [-0.39, 0.29) is 19.4 Å². The number of carbonyl (C=O) groups excluding carboxylic acids is 2. The number of aliphatic hydroxyl groups is 5. The van der Waals surface area contributed by atoms with Crippen LogP contribution >= 0.6 is 0 Å². The average Bonchev–Trinajstić information content (AvgIpc) is 3.12. The molecule has 1 aliphatic heterocycles. The summed E-state index contributed by atoms with van der Waals surface area (Å²) in [4.78, 5) is 26.7. The molecule has 1 aliphatic rings. The minimum Gasteiger partial charge on any atom is -0.454 e. The SMILES string of the molecule is CC/C=C\C/C=C\C/C=C\C/C=C\C/C=C\CCCCCCC(O)C(=O)NC(COC1OC(CO)C(O)C(O)C1OC(=O)CCCCCCCCC/C=C\C/C=C\C/C=C\C/C=C\CCCCC)C(O)/C=C/CCCCCCCCCCCCC. The highest BCUT2D eigenvalue weighted by Gasteiger charge is 2.47. The first-order valence-electron chi connectivity index (χ1n) is 34.3. The van der Waals surface area contributed by atoms with Crippen LogP contribution in [0.25, 0.3) is 0 Å². The number of amides is 1. The summed E-state index contributed by atoms with van der Waals surface area (Å²) in [6.45, 7) is 5.64. The maximum Gasteiger partial charge on any atom is 0.306 e. The standard InChI is InChI=1S/C74H125NO10/c1-4-7-10-13-16-19-22-25-27-29-31-33-34-35-37-39-41-44-47-50-53-56-59-62-69(79)85-72-71(81)70(80)68(63-76)84-74(72)83-64-65(66(77)60-57-54-51-48-45-42-24-21-18-15-12-9-6-3)75-73(82)67(78)61-58-55-52-49-46-43-40-38-36-32-30-28-26-23-20-17-14-11-8-5-2/h8,11,16-17,19-20,25-28,31-33,35-37,40,43,57,60,65-68,70-72,74,76-78,80-81H,4-7,9-10,12-15,18,21-24,29-30,34,38-39,41-42,44-56,58-59,61-64H2,1-3H3,(H,75,82)/b11-8-,19-16-,20-17-,27-25-,28-26-,33-31-,36-32-,37-35-,43-40-,60-57+. The molecular formula is C74H125NO10. The minimum absolute atomic E-state index is 0.102. The Bertz CT molecular complexity index is 1850. The van der Waals surface area contributed by atoms with Gasteiger partial charge in [-0.15, -0.1) is 0 Å².